The molecule has 1 aliphatic heterocycles. The highest BCUT2D eigenvalue weighted by atomic mass is 35.5. The fourth-order valence-electron chi connectivity index (χ4n) is 1.93. The van der Waals surface area contributed by atoms with E-state index in [1.54, 1.807) is 6.20 Å². The van der Waals surface area contributed by atoms with Crippen molar-refractivity contribution in [2.45, 2.75) is 31.9 Å². The van der Waals surface area contributed by atoms with Gasteiger partial charge in [-0.2, -0.15) is 0 Å². The molecular formula is C10H14ClN3O. The third kappa shape index (κ3) is 2.21. The zero-order valence-corrected chi connectivity index (χ0v) is 9.35. The van der Waals surface area contributed by atoms with Crippen LogP contribution in [0, 0.1) is 0 Å². The average molecular weight is 228 g/mol. The van der Waals surface area contributed by atoms with Crippen LogP contribution in [0.4, 0.5) is 5.82 Å². The van der Waals surface area contributed by atoms with Crippen molar-refractivity contribution in [3.8, 4) is 0 Å². The first-order valence-corrected chi connectivity index (χ1v) is 5.49. The number of rotatable bonds is 1. The van der Waals surface area contributed by atoms with Crippen LogP contribution in [0.1, 0.15) is 19.8 Å². The molecule has 1 aromatic heterocycles. The van der Waals surface area contributed by atoms with Crippen molar-refractivity contribution in [1.29, 1.82) is 0 Å². The van der Waals surface area contributed by atoms with Crippen LogP contribution in [0.2, 0.25) is 5.28 Å². The molecule has 0 amide bonds. The van der Waals surface area contributed by atoms with Gasteiger partial charge in [-0.1, -0.05) is 0 Å². The molecule has 0 aliphatic carbocycles. The van der Waals surface area contributed by atoms with Gasteiger partial charge in [0, 0.05) is 12.7 Å². The Kier molecular flexibility index (Phi) is 3.07. The van der Waals surface area contributed by atoms with Crippen molar-refractivity contribution in [3.05, 3.63) is 17.5 Å². The van der Waals surface area contributed by atoms with Gasteiger partial charge in [0.2, 0.25) is 5.28 Å². The normalized spacial score (nSPS) is 26.7. The highest BCUT2D eigenvalue weighted by Crippen LogP contribution is 2.23. The lowest BCUT2D eigenvalue weighted by atomic mass is 10.0. The maximum atomic E-state index is 9.76. The second kappa shape index (κ2) is 4.33. The molecule has 15 heavy (non-hydrogen) atoms. The second-order valence-electron chi connectivity index (χ2n) is 3.83. The molecule has 5 heteroatoms. The van der Waals surface area contributed by atoms with E-state index in [4.69, 9.17) is 11.6 Å². The van der Waals surface area contributed by atoms with Crippen LogP contribution in [0.15, 0.2) is 12.3 Å². The van der Waals surface area contributed by atoms with Gasteiger partial charge in [-0.15, -0.1) is 0 Å². The molecule has 1 saturated heterocycles. The van der Waals surface area contributed by atoms with E-state index in [0.717, 1.165) is 25.2 Å². The summed E-state index contributed by atoms with van der Waals surface area (Å²) >= 11 is 5.74. The van der Waals surface area contributed by atoms with Crippen LogP contribution < -0.4 is 4.90 Å². The summed E-state index contributed by atoms with van der Waals surface area (Å²) in [6.07, 6.45) is 3.19. The van der Waals surface area contributed by atoms with Crippen LogP contribution in [-0.2, 0) is 0 Å². The van der Waals surface area contributed by atoms with Crippen LogP contribution in [0.5, 0.6) is 0 Å². The van der Waals surface area contributed by atoms with E-state index < -0.39 is 0 Å². The average Bonchev–Trinajstić information content (AvgIpc) is 2.22. The van der Waals surface area contributed by atoms with Crippen LogP contribution in [0.25, 0.3) is 0 Å². The number of aromatic nitrogens is 2. The Bertz CT molecular complexity index is 347. The minimum atomic E-state index is -0.285. The molecule has 2 unspecified atom stereocenters. The first kappa shape index (κ1) is 10.6. The van der Waals surface area contributed by atoms with Crippen LogP contribution >= 0.6 is 11.6 Å². The van der Waals surface area contributed by atoms with Crippen LogP contribution in [-0.4, -0.2) is 33.8 Å². The Morgan fingerprint density at radius 2 is 2.40 bits per heavy atom. The van der Waals surface area contributed by atoms with Gasteiger partial charge < -0.3 is 10.0 Å². The van der Waals surface area contributed by atoms with E-state index in [0.29, 0.717) is 0 Å². The Labute approximate surface area is 93.9 Å². The number of piperidine rings is 1. The highest BCUT2D eigenvalue weighted by Gasteiger charge is 2.27. The molecule has 82 valence electrons. The van der Waals surface area contributed by atoms with Gasteiger partial charge in [-0.3, -0.25) is 0 Å². The van der Waals surface area contributed by atoms with Gasteiger partial charge in [0.15, 0.2) is 0 Å². The van der Waals surface area contributed by atoms with Gasteiger partial charge in [0.25, 0.3) is 0 Å². The van der Waals surface area contributed by atoms with E-state index in [2.05, 4.69) is 14.9 Å². The summed E-state index contributed by atoms with van der Waals surface area (Å²) in [6.45, 7) is 2.91. The zero-order valence-electron chi connectivity index (χ0n) is 8.60. The van der Waals surface area contributed by atoms with Crippen LogP contribution in [0.3, 0.4) is 0 Å². The lowest BCUT2D eigenvalue weighted by Crippen LogP contribution is -2.46. The molecule has 0 saturated carbocycles. The smallest absolute Gasteiger partial charge is 0.224 e. The second-order valence-corrected chi connectivity index (χ2v) is 4.17. The number of halogens is 1. The number of nitrogens with zero attached hydrogens (tertiary/aromatic N) is 3. The first-order chi connectivity index (χ1) is 7.18. The maximum absolute atomic E-state index is 9.76. The quantitative estimate of drug-likeness (QED) is 0.739. The molecule has 1 N–H and O–H groups in total. The molecule has 1 fully saturated rings. The number of hydrogen-bond acceptors (Lipinski definition) is 4. The topological polar surface area (TPSA) is 49.2 Å². The standard InChI is InChI=1S/C10H14ClN3O/c1-7-8(15)3-2-6-14(7)9-4-5-12-10(11)13-9/h4-5,7-8,15H,2-3,6H2,1H3. The Hall–Kier alpha value is -0.870. The molecule has 2 atom stereocenters. The Balaban J connectivity index is 2.22. The van der Waals surface area contributed by atoms with Crippen molar-refractivity contribution >= 4 is 17.4 Å². The number of aliphatic hydroxyl groups excluding tert-OH is 1. The molecule has 0 radical (unpaired) electrons. The monoisotopic (exact) mass is 227 g/mol. The third-order valence-corrected chi connectivity index (χ3v) is 3.04. The van der Waals surface area contributed by atoms with E-state index in [1.165, 1.54) is 0 Å². The summed E-state index contributed by atoms with van der Waals surface area (Å²) in [5.74, 6) is 0.793. The molecule has 1 aliphatic rings. The minimum Gasteiger partial charge on any atom is -0.391 e. The molecule has 1 aromatic rings. The van der Waals surface area contributed by atoms with Crippen molar-refractivity contribution in [3.63, 3.8) is 0 Å². The van der Waals surface area contributed by atoms with Crippen molar-refractivity contribution in [2.24, 2.45) is 0 Å². The third-order valence-electron chi connectivity index (χ3n) is 2.85. The molecule has 2 rings (SSSR count). The summed E-state index contributed by atoms with van der Waals surface area (Å²) in [5, 5.41) is 10.0. The van der Waals surface area contributed by atoms with Gasteiger partial charge in [-0.05, 0) is 37.4 Å². The number of hydrogen-bond donors (Lipinski definition) is 1. The molecule has 2 heterocycles. The van der Waals surface area contributed by atoms with Crippen molar-refractivity contribution in [1.82, 2.24) is 9.97 Å². The molecule has 4 nitrogen and oxygen atoms in total. The molecule has 0 bridgehead atoms. The SMILES string of the molecule is CC1C(O)CCCN1c1ccnc(Cl)n1. The summed E-state index contributed by atoms with van der Waals surface area (Å²) in [7, 11) is 0. The number of aliphatic hydroxyl groups is 1. The van der Waals surface area contributed by atoms with Gasteiger partial charge >= 0.3 is 0 Å². The van der Waals surface area contributed by atoms with Crippen molar-refractivity contribution in [2.75, 3.05) is 11.4 Å². The summed E-state index contributed by atoms with van der Waals surface area (Å²) in [6, 6.07) is 1.91. The summed E-state index contributed by atoms with van der Waals surface area (Å²) in [4.78, 5) is 10.1. The van der Waals surface area contributed by atoms with E-state index in [9.17, 15) is 5.11 Å². The predicted molar refractivity (Wildman–Crippen MR) is 59.1 cm³/mol. The molecular weight excluding hydrogens is 214 g/mol. The molecule has 0 spiro atoms. The Morgan fingerprint density at radius 3 is 3.13 bits per heavy atom. The Morgan fingerprint density at radius 1 is 1.60 bits per heavy atom. The van der Waals surface area contributed by atoms with Gasteiger partial charge in [0.1, 0.15) is 5.82 Å². The van der Waals surface area contributed by atoms with E-state index >= 15 is 0 Å². The number of anilines is 1. The first-order valence-electron chi connectivity index (χ1n) is 5.12. The largest absolute Gasteiger partial charge is 0.391 e. The van der Waals surface area contributed by atoms with Crippen molar-refractivity contribution < 1.29 is 5.11 Å². The molecule has 0 aromatic carbocycles. The van der Waals surface area contributed by atoms with E-state index in [1.807, 2.05) is 13.0 Å². The fourth-order valence-corrected chi connectivity index (χ4v) is 2.08. The minimum absolute atomic E-state index is 0.0877. The predicted octanol–water partition coefficient (Wildman–Crippen LogP) is 1.48. The highest BCUT2D eigenvalue weighted by molar-refractivity contribution is 6.28. The van der Waals surface area contributed by atoms with Gasteiger partial charge in [0.05, 0.1) is 12.1 Å². The van der Waals surface area contributed by atoms with Gasteiger partial charge in [-0.25, -0.2) is 9.97 Å². The maximum Gasteiger partial charge on any atom is 0.224 e. The summed E-state index contributed by atoms with van der Waals surface area (Å²) < 4.78 is 0. The lowest BCUT2D eigenvalue weighted by Gasteiger charge is -2.37. The summed E-state index contributed by atoms with van der Waals surface area (Å²) in [5.41, 5.74) is 0. The van der Waals surface area contributed by atoms with E-state index in [-0.39, 0.29) is 17.4 Å². The fraction of sp³-hybridized carbons (Fsp3) is 0.600. The zero-order chi connectivity index (χ0) is 10.8. The lowest BCUT2D eigenvalue weighted by molar-refractivity contribution is 0.119.